The number of carboxylic acids is 2. The zero-order valence-corrected chi connectivity index (χ0v) is 21.2. The minimum Gasteiger partial charge on any atom is -0.494 e. The number of H-pyrrole nitrogens is 1. The molecule has 1 aromatic heterocycles. The number of carboxylic acid groups (broad SMARTS) is 2. The Kier molecular flexibility index (Phi) is 8.72. The Morgan fingerprint density at radius 2 is 1.74 bits per heavy atom. The number of rotatable bonds is 12. The standard InChI is InChI=1S/C31H30N2O5/c1-2-27(23-6-5-7-26(19-23)38-17-4-3-8-29(34)35)31(24-14-15-28-25(18-24)20-32-33-28)22-12-9-21(10-13-22)11-16-30(36)37/h5-7,9-16,18-20H,2-4,8,17H2,1H3,(H,32,33)(H,34,35)(H,36,37)/b16-11+,31-27+. The van der Waals surface area contributed by atoms with E-state index in [0.29, 0.717) is 19.4 Å². The van der Waals surface area contributed by atoms with Gasteiger partial charge >= 0.3 is 11.9 Å². The molecule has 4 rings (SSSR count). The number of benzene rings is 3. The number of fused-ring (bicyclic) bond motifs is 1. The number of allylic oxidation sites excluding steroid dienone is 1. The summed E-state index contributed by atoms with van der Waals surface area (Å²) in [7, 11) is 0. The van der Waals surface area contributed by atoms with Crippen molar-refractivity contribution in [2.45, 2.75) is 32.6 Å². The van der Waals surface area contributed by atoms with Crippen LogP contribution >= 0.6 is 0 Å². The molecule has 0 spiro atoms. The van der Waals surface area contributed by atoms with Gasteiger partial charge in [0.2, 0.25) is 0 Å². The lowest BCUT2D eigenvalue weighted by Gasteiger charge is -2.17. The number of hydrogen-bond acceptors (Lipinski definition) is 4. The average molecular weight is 511 g/mol. The molecule has 0 radical (unpaired) electrons. The summed E-state index contributed by atoms with van der Waals surface area (Å²) in [6.07, 6.45) is 6.66. The van der Waals surface area contributed by atoms with Crippen LogP contribution in [0.3, 0.4) is 0 Å². The van der Waals surface area contributed by atoms with Gasteiger partial charge < -0.3 is 14.9 Å². The molecule has 4 aromatic rings. The van der Waals surface area contributed by atoms with E-state index in [9.17, 15) is 9.59 Å². The van der Waals surface area contributed by atoms with E-state index >= 15 is 0 Å². The summed E-state index contributed by atoms with van der Waals surface area (Å²) in [6.45, 7) is 2.58. The summed E-state index contributed by atoms with van der Waals surface area (Å²) in [5.41, 5.74) is 7.06. The topological polar surface area (TPSA) is 113 Å². The highest BCUT2D eigenvalue weighted by molar-refractivity contribution is 6.00. The van der Waals surface area contributed by atoms with Crippen LogP contribution in [-0.4, -0.2) is 39.0 Å². The molecule has 194 valence electrons. The summed E-state index contributed by atoms with van der Waals surface area (Å²) in [5, 5.41) is 26.0. The number of aliphatic carboxylic acids is 2. The Morgan fingerprint density at radius 3 is 2.47 bits per heavy atom. The fourth-order valence-electron chi connectivity index (χ4n) is 4.41. The molecule has 7 nitrogen and oxygen atoms in total. The first kappa shape index (κ1) is 26.4. The maximum absolute atomic E-state index is 10.9. The average Bonchev–Trinajstić information content (AvgIpc) is 3.39. The molecule has 38 heavy (non-hydrogen) atoms. The van der Waals surface area contributed by atoms with Crippen molar-refractivity contribution in [1.82, 2.24) is 10.2 Å². The molecule has 0 saturated heterocycles. The second-order valence-corrected chi connectivity index (χ2v) is 8.90. The van der Waals surface area contributed by atoms with Crippen molar-refractivity contribution in [3.05, 3.63) is 101 Å². The molecule has 1 heterocycles. The third-order valence-electron chi connectivity index (χ3n) is 6.24. The summed E-state index contributed by atoms with van der Waals surface area (Å²) < 4.78 is 5.94. The van der Waals surface area contributed by atoms with Gasteiger partial charge in [-0.15, -0.1) is 0 Å². The van der Waals surface area contributed by atoms with Crippen molar-refractivity contribution in [2.75, 3.05) is 6.61 Å². The van der Waals surface area contributed by atoms with Crippen LogP contribution in [-0.2, 0) is 9.59 Å². The van der Waals surface area contributed by atoms with Gasteiger partial charge in [-0.1, -0.05) is 49.4 Å². The molecule has 0 fully saturated rings. The molecule has 0 aliphatic heterocycles. The monoisotopic (exact) mass is 510 g/mol. The van der Waals surface area contributed by atoms with Crippen LogP contribution in [0.1, 0.15) is 54.9 Å². The van der Waals surface area contributed by atoms with Gasteiger partial charge in [0.05, 0.1) is 18.3 Å². The number of ether oxygens (including phenoxy) is 1. The lowest BCUT2D eigenvalue weighted by atomic mass is 9.87. The van der Waals surface area contributed by atoms with Gasteiger partial charge in [-0.3, -0.25) is 9.89 Å². The van der Waals surface area contributed by atoms with E-state index in [4.69, 9.17) is 14.9 Å². The second kappa shape index (κ2) is 12.5. The summed E-state index contributed by atoms with van der Waals surface area (Å²) >= 11 is 0. The van der Waals surface area contributed by atoms with E-state index in [2.05, 4.69) is 35.3 Å². The molecule has 7 heteroatoms. The Balaban J connectivity index is 1.73. The molecule has 0 saturated carbocycles. The number of aromatic nitrogens is 2. The number of nitrogens with zero attached hydrogens (tertiary/aromatic N) is 1. The molecule has 0 unspecified atom stereocenters. The molecule has 3 aromatic carbocycles. The van der Waals surface area contributed by atoms with Crippen LogP contribution in [0.25, 0.3) is 28.1 Å². The lowest BCUT2D eigenvalue weighted by Crippen LogP contribution is -2.01. The molecule has 0 atom stereocenters. The number of unbranched alkanes of at least 4 members (excludes halogenated alkanes) is 1. The van der Waals surface area contributed by atoms with Gasteiger partial charge in [0.15, 0.2) is 0 Å². The zero-order chi connectivity index (χ0) is 26.9. The van der Waals surface area contributed by atoms with E-state index in [1.165, 1.54) is 0 Å². The number of aromatic amines is 1. The number of nitrogens with one attached hydrogen (secondary N) is 1. The van der Waals surface area contributed by atoms with E-state index in [1.54, 1.807) is 12.3 Å². The normalized spacial score (nSPS) is 12.0. The fraction of sp³-hybridized carbons (Fsp3) is 0.194. The largest absolute Gasteiger partial charge is 0.494 e. The third-order valence-corrected chi connectivity index (χ3v) is 6.24. The smallest absolute Gasteiger partial charge is 0.328 e. The zero-order valence-electron chi connectivity index (χ0n) is 21.2. The second-order valence-electron chi connectivity index (χ2n) is 8.90. The molecule has 0 aliphatic carbocycles. The predicted octanol–water partition coefficient (Wildman–Crippen LogP) is 6.66. The SMILES string of the molecule is CC/C(=C(/c1ccc(/C=C/C(=O)O)cc1)c1ccc2[nH]ncc2c1)c1cccc(OCCCCC(=O)O)c1. The summed E-state index contributed by atoms with van der Waals surface area (Å²) in [4.78, 5) is 21.7. The maximum Gasteiger partial charge on any atom is 0.328 e. The van der Waals surface area contributed by atoms with Crippen molar-refractivity contribution in [3.63, 3.8) is 0 Å². The number of carbonyl (C=O) groups is 2. The van der Waals surface area contributed by atoms with Gasteiger partial charge in [0.1, 0.15) is 5.75 Å². The molecule has 0 aliphatic rings. The van der Waals surface area contributed by atoms with Crippen LogP contribution in [0, 0.1) is 0 Å². The Morgan fingerprint density at radius 1 is 0.947 bits per heavy atom. The minimum atomic E-state index is -0.986. The molecule has 3 N–H and O–H groups in total. The summed E-state index contributed by atoms with van der Waals surface area (Å²) in [5.74, 6) is -1.04. The van der Waals surface area contributed by atoms with Gasteiger partial charge in [-0.2, -0.15) is 5.10 Å². The molecular formula is C31H30N2O5. The highest BCUT2D eigenvalue weighted by atomic mass is 16.5. The van der Waals surface area contributed by atoms with Crippen molar-refractivity contribution < 1.29 is 24.5 Å². The number of hydrogen-bond donors (Lipinski definition) is 3. The first-order chi connectivity index (χ1) is 18.4. The van der Waals surface area contributed by atoms with Gasteiger partial charge in [-0.05, 0) is 83.0 Å². The quantitative estimate of drug-likeness (QED) is 0.112. The lowest BCUT2D eigenvalue weighted by molar-refractivity contribution is -0.137. The summed E-state index contributed by atoms with van der Waals surface area (Å²) in [6, 6.07) is 22.0. The Labute approximate surface area is 221 Å². The van der Waals surface area contributed by atoms with E-state index in [1.807, 2.05) is 48.5 Å². The molecule has 0 bridgehead atoms. The predicted molar refractivity (Wildman–Crippen MR) is 149 cm³/mol. The van der Waals surface area contributed by atoms with Crippen LogP contribution in [0.15, 0.2) is 79.0 Å². The first-order valence-electron chi connectivity index (χ1n) is 12.6. The van der Waals surface area contributed by atoms with Crippen LogP contribution in [0.5, 0.6) is 5.75 Å². The third kappa shape index (κ3) is 6.76. The van der Waals surface area contributed by atoms with E-state index < -0.39 is 11.9 Å². The molecular weight excluding hydrogens is 480 g/mol. The van der Waals surface area contributed by atoms with Crippen molar-refractivity contribution in [2.24, 2.45) is 0 Å². The fourth-order valence-corrected chi connectivity index (χ4v) is 4.41. The highest BCUT2D eigenvalue weighted by Gasteiger charge is 2.15. The van der Waals surface area contributed by atoms with Crippen molar-refractivity contribution in [3.8, 4) is 5.75 Å². The van der Waals surface area contributed by atoms with Crippen molar-refractivity contribution >= 4 is 40.1 Å². The van der Waals surface area contributed by atoms with E-state index in [-0.39, 0.29) is 6.42 Å². The Hall–Kier alpha value is -4.65. The maximum atomic E-state index is 10.9. The van der Waals surface area contributed by atoms with Gasteiger partial charge in [0, 0.05) is 17.9 Å². The molecule has 0 amide bonds. The van der Waals surface area contributed by atoms with E-state index in [0.717, 1.165) is 62.5 Å². The van der Waals surface area contributed by atoms with Crippen LogP contribution < -0.4 is 4.74 Å². The minimum absolute atomic E-state index is 0.140. The van der Waals surface area contributed by atoms with Crippen molar-refractivity contribution in [1.29, 1.82) is 0 Å². The van der Waals surface area contributed by atoms with Crippen LogP contribution in [0.4, 0.5) is 0 Å². The highest BCUT2D eigenvalue weighted by Crippen LogP contribution is 2.36. The first-order valence-corrected chi connectivity index (χ1v) is 12.6. The van der Waals surface area contributed by atoms with Gasteiger partial charge in [0.25, 0.3) is 0 Å². The Bertz CT molecular complexity index is 1480. The van der Waals surface area contributed by atoms with Crippen LogP contribution in [0.2, 0.25) is 0 Å². The van der Waals surface area contributed by atoms with Gasteiger partial charge in [-0.25, -0.2) is 4.79 Å².